The fourth-order valence-corrected chi connectivity index (χ4v) is 6.97. The van der Waals surface area contributed by atoms with Crippen molar-refractivity contribution in [3.8, 4) is 11.3 Å². The van der Waals surface area contributed by atoms with Crippen LogP contribution in [0.3, 0.4) is 0 Å². The summed E-state index contributed by atoms with van der Waals surface area (Å²) in [5.74, 6) is -1.17. The van der Waals surface area contributed by atoms with E-state index >= 15 is 0 Å². The van der Waals surface area contributed by atoms with Crippen molar-refractivity contribution in [3.63, 3.8) is 0 Å². The zero-order valence-corrected chi connectivity index (χ0v) is 22.6. The number of nitrogens with one attached hydrogen (secondary N) is 3. The number of hydrogen-bond donors (Lipinski definition) is 3. The highest BCUT2D eigenvalue weighted by Gasteiger charge is 2.51. The Kier molecular flexibility index (Phi) is 5.59. The summed E-state index contributed by atoms with van der Waals surface area (Å²) in [6.45, 7) is 2.98. The molecule has 3 aromatic rings. The third-order valence-corrected chi connectivity index (χ3v) is 9.28. The van der Waals surface area contributed by atoms with Gasteiger partial charge in [-0.1, -0.05) is 6.07 Å². The molecule has 9 nitrogen and oxygen atoms in total. The molecule has 5 aliphatic rings. The summed E-state index contributed by atoms with van der Waals surface area (Å²) in [6.07, 6.45) is 6.49. The van der Waals surface area contributed by atoms with E-state index in [0.717, 1.165) is 59.7 Å². The first-order valence-electron chi connectivity index (χ1n) is 14.4. The second-order valence-corrected chi connectivity index (χ2v) is 12.0. The minimum atomic E-state index is -2.67. The standard InChI is InChI=1S/C30H31F2N7O2/c31-30(32)7-9-39(16-30)13-22-18(17-4-10-41-14-17)1-2-23(38-22)37-21-12-34-26(20-11-35-28(40)24(20)21)19-3-8-33-27-25(19)29(5-6-29)15-36-27/h1-3,8,12,17H,4-7,9-11,13-16H2,(H,33,36)(H,35,40)(H,37,38)/t17-/m0/s1. The number of carbonyl (C=O) groups excluding carboxylic acids is 1. The van der Waals surface area contributed by atoms with Gasteiger partial charge in [0.1, 0.15) is 11.6 Å². The molecule has 0 unspecified atom stereocenters. The number of nitrogens with zero attached hydrogens (tertiary/aromatic N) is 4. The first-order valence-corrected chi connectivity index (χ1v) is 14.4. The van der Waals surface area contributed by atoms with E-state index in [1.165, 1.54) is 5.56 Å². The quantitative estimate of drug-likeness (QED) is 0.410. The number of pyridine rings is 3. The topological polar surface area (TPSA) is 104 Å². The van der Waals surface area contributed by atoms with Crippen LogP contribution in [0.15, 0.2) is 30.6 Å². The van der Waals surface area contributed by atoms with Crippen molar-refractivity contribution in [2.24, 2.45) is 0 Å². The Labute approximate surface area is 236 Å². The van der Waals surface area contributed by atoms with Crippen LogP contribution in [0.5, 0.6) is 0 Å². The summed E-state index contributed by atoms with van der Waals surface area (Å²) in [5.41, 5.74) is 6.96. The second-order valence-electron chi connectivity index (χ2n) is 12.0. The number of ether oxygens (including phenoxy) is 1. The van der Waals surface area contributed by atoms with Crippen molar-refractivity contribution in [1.29, 1.82) is 0 Å². The molecule has 11 heteroatoms. The molecule has 0 bridgehead atoms. The predicted octanol–water partition coefficient (Wildman–Crippen LogP) is 4.33. The smallest absolute Gasteiger partial charge is 0.261 e. The molecule has 8 rings (SSSR count). The van der Waals surface area contributed by atoms with E-state index in [0.29, 0.717) is 49.9 Å². The maximum absolute atomic E-state index is 14.0. The number of anilines is 3. The van der Waals surface area contributed by atoms with Crippen LogP contribution in [0, 0.1) is 0 Å². The van der Waals surface area contributed by atoms with Gasteiger partial charge in [0, 0.05) is 73.4 Å². The maximum Gasteiger partial charge on any atom is 0.261 e. The Balaban J connectivity index is 1.14. The zero-order chi connectivity index (χ0) is 27.8. The van der Waals surface area contributed by atoms with Gasteiger partial charge in [-0.25, -0.2) is 18.7 Å². The number of carbonyl (C=O) groups is 1. The first-order chi connectivity index (χ1) is 19.9. The lowest BCUT2D eigenvalue weighted by atomic mass is 9.91. The molecular formula is C30H31F2N7O2. The SMILES string of the molecule is O=C1NCc2c(-c3ccnc4c3C3(CC3)CN4)ncc(Nc3ccc([C@H]4CCOC4)c(CN4CCC(F)(F)C4)n3)c21. The Morgan fingerprint density at radius 1 is 1.15 bits per heavy atom. The van der Waals surface area contributed by atoms with Crippen LogP contribution in [0.4, 0.5) is 26.1 Å². The molecule has 0 radical (unpaired) electrons. The highest BCUT2D eigenvalue weighted by atomic mass is 19.3. The Hall–Kier alpha value is -3.70. The molecule has 7 heterocycles. The Bertz CT molecular complexity index is 1570. The van der Waals surface area contributed by atoms with Gasteiger partial charge in [-0.15, -0.1) is 0 Å². The van der Waals surface area contributed by atoms with Crippen molar-refractivity contribution >= 4 is 23.2 Å². The monoisotopic (exact) mass is 559 g/mol. The third kappa shape index (κ3) is 4.25. The van der Waals surface area contributed by atoms with Crippen LogP contribution >= 0.6 is 0 Å². The van der Waals surface area contributed by atoms with Crippen LogP contribution in [0.1, 0.15) is 64.3 Å². The van der Waals surface area contributed by atoms with Crippen molar-refractivity contribution in [1.82, 2.24) is 25.2 Å². The van der Waals surface area contributed by atoms with Crippen LogP contribution in [0.2, 0.25) is 0 Å². The second kappa shape index (κ2) is 9.15. The lowest BCUT2D eigenvalue weighted by Crippen LogP contribution is -2.26. The maximum atomic E-state index is 14.0. The van der Waals surface area contributed by atoms with Crippen LogP contribution < -0.4 is 16.0 Å². The van der Waals surface area contributed by atoms with Gasteiger partial charge in [0.25, 0.3) is 11.8 Å². The molecule has 3 N–H and O–H groups in total. The van der Waals surface area contributed by atoms with E-state index in [9.17, 15) is 13.6 Å². The number of hydrogen-bond acceptors (Lipinski definition) is 8. The molecule has 1 aliphatic carbocycles. The van der Waals surface area contributed by atoms with Crippen molar-refractivity contribution < 1.29 is 18.3 Å². The molecule has 2 saturated heterocycles. The molecular weight excluding hydrogens is 528 g/mol. The molecule has 212 valence electrons. The van der Waals surface area contributed by atoms with Gasteiger partial charge < -0.3 is 20.7 Å². The summed E-state index contributed by atoms with van der Waals surface area (Å²) in [4.78, 5) is 29.2. The van der Waals surface area contributed by atoms with Gasteiger partial charge in [0.15, 0.2) is 0 Å². The van der Waals surface area contributed by atoms with Gasteiger partial charge in [-0.05, 0) is 37.0 Å². The van der Waals surface area contributed by atoms with Gasteiger partial charge in [0.2, 0.25) is 0 Å². The van der Waals surface area contributed by atoms with Crippen molar-refractivity contribution in [3.05, 3.63) is 58.5 Å². The van der Waals surface area contributed by atoms with E-state index in [1.54, 1.807) is 17.3 Å². The summed E-state index contributed by atoms with van der Waals surface area (Å²) in [6, 6.07) is 5.91. The lowest BCUT2D eigenvalue weighted by Gasteiger charge is -2.21. The lowest BCUT2D eigenvalue weighted by molar-refractivity contribution is 0.0113. The fourth-order valence-electron chi connectivity index (χ4n) is 6.97. The van der Waals surface area contributed by atoms with Gasteiger partial charge in [-0.3, -0.25) is 14.7 Å². The van der Waals surface area contributed by atoms with E-state index in [2.05, 4.69) is 20.9 Å². The normalized spacial score (nSPS) is 23.4. The number of likely N-dealkylation sites (tertiary alicyclic amines) is 1. The Morgan fingerprint density at radius 2 is 2.05 bits per heavy atom. The first kappa shape index (κ1) is 25.0. The largest absolute Gasteiger partial charge is 0.381 e. The number of alkyl halides is 2. The molecule has 3 fully saturated rings. The minimum Gasteiger partial charge on any atom is -0.381 e. The Morgan fingerprint density at radius 3 is 2.83 bits per heavy atom. The van der Waals surface area contributed by atoms with Crippen molar-refractivity contribution in [2.45, 2.75) is 56.0 Å². The van der Waals surface area contributed by atoms with Gasteiger partial charge >= 0.3 is 0 Å². The van der Waals surface area contributed by atoms with Crippen LogP contribution in [-0.4, -0.2) is 64.5 Å². The zero-order valence-electron chi connectivity index (χ0n) is 22.6. The van der Waals surface area contributed by atoms with E-state index in [1.807, 2.05) is 18.2 Å². The number of halogens is 2. The number of amides is 1. The molecule has 1 spiro atoms. The number of rotatable bonds is 6. The van der Waals surface area contributed by atoms with Gasteiger partial charge in [-0.2, -0.15) is 0 Å². The van der Waals surface area contributed by atoms with E-state index in [4.69, 9.17) is 14.7 Å². The molecule has 1 atom stereocenters. The highest BCUT2D eigenvalue weighted by molar-refractivity contribution is 6.05. The summed E-state index contributed by atoms with van der Waals surface area (Å²) in [7, 11) is 0. The molecule has 1 saturated carbocycles. The molecule has 3 aromatic heterocycles. The highest BCUT2D eigenvalue weighted by Crippen LogP contribution is 2.56. The molecule has 41 heavy (non-hydrogen) atoms. The minimum absolute atomic E-state index is 0.117. The molecule has 1 amide bonds. The predicted molar refractivity (Wildman–Crippen MR) is 149 cm³/mol. The fraction of sp³-hybridized carbons (Fsp3) is 0.467. The third-order valence-electron chi connectivity index (χ3n) is 9.28. The number of fused-ring (bicyclic) bond motifs is 3. The van der Waals surface area contributed by atoms with E-state index in [-0.39, 0.29) is 30.2 Å². The van der Waals surface area contributed by atoms with Crippen molar-refractivity contribution in [2.75, 3.05) is 43.5 Å². The summed E-state index contributed by atoms with van der Waals surface area (Å²) >= 11 is 0. The molecule has 4 aliphatic heterocycles. The average Bonchev–Trinajstić information content (AvgIpc) is 3.33. The molecule has 0 aromatic carbocycles. The van der Waals surface area contributed by atoms with Crippen LogP contribution in [-0.2, 0) is 23.2 Å². The average molecular weight is 560 g/mol. The van der Waals surface area contributed by atoms with Crippen LogP contribution in [0.25, 0.3) is 11.3 Å². The summed E-state index contributed by atoms with van der Waals surface area (Å²) in [5, 5.41) is 9.76. The van der Waals surface area contributed by atoms with E-state index < -0.39 is 5.92 Å². The summed E-state index contributed by atoms with van der Waals surface area (Å²) < 4.78 is 33.5. The number of aromatic nitrogens is 3. The van der Waals surface area contributed by atoms with Gasteiger partial charge in [0.05, 0.1) is 42.0 Å².